The molecule has 0 aromatic heterocycles. The second kappa shape index (κ2) is 12.4. The van der Waals surface area contributed by atoms with Gasteiger partial charge in [0.2, 0.25) is 0 Å². The predicted molar refractivity (Wildman–Crippen MR) is 52.3 cm³/mol. The zero-order valence-electron chi connectivity index (χ0n) is 5.96. The highest BCUT2D eigenvalue weighted by Crippen LogP contribution is 1.93. The number of rotatable bonds is 1. The van der Waals surface area contributed by atoms with Gasteiger partial charge in [0.25, 0.3) is 9.05 Å². The molecule has 66 valence electrons. The van der Waals surface area contributed by atoms with Crippen molar-refractivity contribution < 1.29 is 8.42 Å². The van der Waals surface area contributed by atoms with Gasteiger partial charge in [-0.05, 0) is 5.54 Å². The minimum Gasteiger partial charge on any atom is -0.208 e. The topological polar surface area (TPSA) is 34.1 Å². The van der Waals surface area contributed by atoms with E-state index in [4.69, 9.17) is 11.6 Å². The Morgan fingerprint density at radius 1 is 1.18 bits per heavy atom. The quantitative estimate of drug-likeness (QED) is 0.499. The third-order valence-corrected chi connectivity index (χ3v) is 0.975. The van der Waals surface area contributed by atoms with E-state index in [2.05, 4.69) is 37.0 Å². The number of hydrogen-bond donors (Lipinski definition) is 0. The van der Waals surface area contributed by atoms with Gasteiger partial charge in [-0.15, -0.1) is 13.2 Å². The van der Waals surface area contributed by atoms with Crippen LogP contribution < -0.4 is 0 Å². The van der Waals surface area contributed by atoms with E-state index in [1.807, 2.05) is 0 Å². The molecule has 0 N–H and O–H groups in total. The summed E-state index contributed by atoms with van der Waals surface area (Å²) in [6, 6.07) is 0. The first kappa shape index (κ1) is 17.0. The molecule has 0 radical (unpaired) electrons. The minimum absolute atomic E-state index is 0.675. The average molecular weight is 217 g/mol. The van der Waals surface area contributed by atoms with E-state index >= 15 is 0 Å². The highest BCUT2D eigenvalue weighted by atomic mass is 35.7. The van der Waals surface area contributed by atoms with Crippen molar-refractivity contribution in [1.82, 2.24) is 0 Å². The van der Waals surface area contributed by atoms with Crippen LogP contribution in [0.2, 0.25) is 0 Å². The molecule has 0 bridgehead atoms. The standard InChI is InChI=1S/C2H3ClO2S.C2H3Cl.C2H4/c1-2-6(3,4)5;1-2-3;1-2/h2H,1H2;2H,1H2;1-2H2. The number of halogens is 2. The summed E-state index contributed by atoms with van der Waals surface area (Å²) < 4.78 is 19.3. The fourth-order valence-electron chi connectivity index (χ4n) is 0. The van der Waals surface area contributed by atoms with E-state index in [1.54, 1.807) is 0 Å². The van der Waals surface area contributed by atoms with E-state index < -0.39 is 9.05 Å². The molecule has 0 heterocycles. The average Bonchev–Trinajstić information content (AvgIpc) is 1.93. The molecule has 11 heavy (non-hydrogen) atoms. The van der Waals surface area contributed by atoms with Crippen LogP contribution in [0.1, 0.15) is 0 Å². The monoisotopic (exact) mass is 216 g/mol. The molecule has 0 amide bonds. The molecule has 5 heteroatoms. The lowest BCUT2D eigenvalue weighted by molar-refractivity contribution is 0.617. The summed E-state index contributed by atoms with van der Waals surface area (Å²) in [6.07, 6.45) is 0. The smallest absolute Gasteiger partial charge is 0.208 e. The second-order valence-corrected chi connectivity index (χ2v) is 3.68. The fourth-order valence-corrected chi connectivity index (χ4v) is 0. The van der Waals surface area contributed by atoms with Crippen molar-refractivity contribution in [3.63, 3.8) is 0 Å². The van der Waals surface area contributed by atoms with Gasteiger partial charge in [0.05, 0.1) is 0 Å². The summed E-state index contributed by atoms with van der Waals surface area (Å²) in [5.74, 6) is 0. The Labute approximate surface area is 77.2 Å². The van der Waals surface area contributed by atoms with Crippen LogP contribution in [0.15, 0.2) is 37.3 Å². The summed E-state index contributed by atoms with van der Waals surface area (Å²) >= 11 is 4.76. The molecule has 0 aliphatic carbocycles. The van der Waals surface area contributed by atoms with E-state index in [1.165, 1.54) is 5.54 Å². The van der Waals surface area contributed by atoms with Crippen LogP contribution in [0.25, 0.3) is 0 Å². The van der Waals surface area contributed by atoms with Crippen molar-refractivity contribution in [1.29, 1.82) is 0 Å². The first-order valence-electron chi connectivity index (χ1n) is 2.26. The Morgan fingerprint density at radius 3 is 1.27 bits per heavy atom. The summed E-state index contributed by atoms with van der Waals surface area (Å²) in [6.45, 7) is 12.0. The molecule has 2 nitrogen and oxygen atoms in total. The molecule has 0 unspecified atom stereocenters. The molecule has 0 saturated carbocycles. The Kier molecular flexibility index (Phi) is 19.2. The molecule has 0 saturated heterocycles. The van der Waals surface area contributed by atoms with Gasteiger partial charge in [-0.2, -0.15) is 0 Å². The fraction of sp³-hybridized carbons (Fsp3) is 0. The minimum atomic E-state index is -3.43. The zero-order chi connectivity index (χ0) is 9.91. The van der Waals surface area contributed by atoms with Crippen molar-refractivity contribution in [3.05, 3.63) is 37.3 Å². The van der Waals surface area contributed by atoms with Crippen molar-refractivity contribution in [2.75, 3.05) is 0 Å². The van der Waals surface area contributed by atoms with Gasteiger partial charge >= 0.3 is 0 Å². The molecule has 0 atom stereocenters. The van der Waals surface area contributed by atoms with Gasteiger partial charge in [0, 0.05) is 16.1 Å². The van der Waals surface area contributed by atoms with E-state index in [0.29, 0.717) is 5.41 Å². The van der Waals surface area contributed by atoms with Gasteiger partial charge in [-0.25, -0.2) is 8.42 Å². The van der Waals surface area contributed by atoms with Crippen molar-refractivity contribution in [2.45, 2.75) is 0 Å². The van der Waals surface area contributed by atoms with Gasteiger partial charge in [0.15, 0.2) is 0 Å². The zero-order valence-corrected chi connectivity index (χ0v) is 8.29. The first-order chi connectivity index (χ1) is 4.97. The maximum absolute atomic E-state index is 9.65. The molecular weight excluding hydrogens is 207 g/mol. The van der Waals surface area contributed by atoms with Crippen LogP contribution in [0, 0.1) is 0 Å². The molecule has 0 aromatic rings. The maximum atomic E-state index is 9.65. The third-order valence-electron chi connectivity index (χ3n) is 0.199. The van der Waals surface area contributed by atoms with Gasteiger partial charge < -0.3 is 0 Å². The lowest BCUT2D eigenvalue weighted by Crippen LogP contribution is -1.74. The van der Waals surface area contributed by atoms with Crippen molar-refractivity contribution >= 4 is 31.3 Å². The van der Waals surface area contributed by atoms with Crippen molar-refractivity contribution in [2.24, 2.45) is 0 Å². The predicted octanol–water partition coefficient (Wildman–Crippen LogP) is 2.87. The van der Waals surface area contributed by atoms with Gasteiger partial charge in [-0.1, -0.05) is 24.8 Å². The van der Waals surface area contributed by atoms with Crippen molar-refractivity contribution in [3.8, 4) is 0 Å². The van der Waals surface area contributed by atoms with Gasteiger partial charge in [0.1, 0.15) is 0 Å². The second-order valence-electron chi connectivity index (χ2n) is 0.797. The van der Waals surface area contributed by atoms with Gasteiger partial charge in [-0.3, -0.25) is 0 Å². The van der Waals surface area contributed by atoms with Crippen LogP contribution in [0.4, 0.5) is 0 Å². The Morgan fingerprint density at radius 2 is 1.27 bits per heavy atom. The van der Waals surface area contributed by atoms with Crippen LogP contribution in [-0.4, -0.2) is 8.42 Å². The molecular formula is C6H10Cl2O2S. The lowest BCUT2D eigenvalue weighted by Gasteiger charge is -1.70. The molecule has 0 aromatic carbocycles. The Hall–Kier alpha value is -0.250. The Bertz CT molecular complexity index is 173. The van der Waals surface area contributed by atoms with Crippen LogP contribution >= 0.6 is 22.3 Å². The van der Waals surface area contributed by atoms with E-state index in [9.17, 15) is 8.42 Å². The van der Waals surface area contributed by atoms with E-state index in [-0.39, 0.29) is 0 Å². The molecule has 0 rings (SSSR count). The SMILES string of the molecule is C=C.C=CCl.C=CS(=O)(=O)Cl. The highest BCUT2D eigenvalue weighted by Gasteiger charge is 1.89. The lowest BCUT2D eigenvalue weighted by atomic mass is 11.3. The third kappa shape index (κ3) is 77.4. The molecule has 0 aliphatic heterocycles. The normalized spacial score (nSPS) is 7.45. The molecule has 0 spiro atoms. The van der Waals surface area contributed by atoms with Crippen LogP contribution in [0.3, 0.4) is 0 Å². The van der Waals surface area contributed by atoms with E-state index in [0.717, 1.165) is 0 Å². The summed E-state index contributed by atoms with van der Waals surface area (Å²) in [7, 11) is 1.15. The molecule has 0 aliphatic rings. The summed E-state index contributed by atoms with van der Waals surface area (Å²) in [5.41, 5.74) is 1.22. The van der Waals surface area contributed by atoms with Crippen LogP contribution in [0.5, 0.6) is 0 Å². The Balaban J connectivity index is -0.000000109. The summed E-state index contributed by atoms with van der Waals surface area (Å²) in [5, 5.41) is 0.675. The number of hydrogen-bond acceptors (Lipinski definition) is 2. The highest BCUT2D eigenvalue weighted by molar-refractivity contribution is 8.16. The summed E-state index contributed by atoms with van der Waals surface area (Å²) in [4.78, 5) is 0. The largest absolute Gasteiger partial charge is 0.253 e. The first-order valence-corrected chi connectivity index (χ1v) is 5.07. The maximum Gasteiger partial charge on any atom is 0.253 e. The van der Waals surface area contributed by atoms with Crippen LogP contribution in [-0.2, 0) is 9.05 Å². The molecule has 0 fully saturated rings.